The molecule has 5 rings (SSSR count). The lowest BCUT2D eigenvalue weighted by atomic mass is 10.1. The number of benzene rings is 3. The van der Waals surface area contributed by atoms with E-state index in [9.17, 15) is 0 Å². The molecule has 0 fully saturated rings. The molecule has 0 saturated heterocycles. The van der Waals surface area contributed by atoms with Crippen molar-refractivity contribution in [1.82, 2.24) is 35.3 Å². The van der Waals surface area contributed by atoms with Crippen molar-refractivity contribution in [1.29, 1.82) is 11.1 Å². The summed E-state index contributed by atoms with van der Waals surface area (Å²) >= 11 is 0. The van der Waals surface area contributed by atoms with E-state index in [1.54, 1.807) is 78.6 Å². The van der Waals surface area contributed by atoms with Gasteiger partial charge in [0, 0.05) is 42.2 Å². The van der Waals surface area contributed by atoms with Crippen LogP contribution in [0.5, 0.6) is 35.3 Å². The smallest absolute Gasteiger partial charge is 0.331 e. The van der Waals surface area contributed by atoms with Crippen molar-refractivity contribution in [2.24, 2.45) is 16.0 Å². The summed E-state index contributed by atoms with van der Waals surface area (Å²) in [6.45, 7) is 4.06. The normalized spacial score (nSPS) is 11.7. The van der Waals surface area contributed by atoms with Crippen LogP contribution in [0.4, 0.5) is 0 Å². The van der Waals surface area contributed by atoms with Gasteiger partial charge >= 0.3 is 18.0 Å². The van der Waals surface area contributed by atoms with E-state index in [2.05, 4.69) is 40.8 Å². The van der Waals surface area contributed by atoms with Crippen molar-refractivity contribution in [2.45, 2.75) is 19.9 Å². The first-order valence-electron chi connectivity index (χ1n) is 14.0. The van der Waals surface area contributed by atoms with Gasteiger partial charge in [0.1, 0.15) is 34.3 Å². The molecule has 0 amide bonds. The Balaban J connectivity index is 1.41. The van der Waals surface area contributed by atoms with Crippen molar-refractivity contribution < 1.29 is 14.2 Å². The van der Waals surface area contributed by atoms with Crippen LogP contribution < -0.4 is 25.3 Å². The summed E-state index contributed by atoms with van der Waals surface area (Å²) in [6, 6.07) is 20.8. The lowest BCUT2D eigenvalue weighted by Gasteiger charge is -2.10. The molecule has 0 bridgehead atoms. The molecule has 46 heavy (non-hydrogen) atoms. The summed E-state index contributed by atoms with van der Waals surface area (Å²) in [5.41, 5.74) is 23.9. The van der Waals surface area contributed by atoms with E-state index in [-0.39, 0.29) is 24.1 Å². The van der Waals surface area contributed by atoms with Gasteiger partial charge in [0.2, 0.25) is 0 Å². The van der Waals surface area contributed by atoms with Crippen LogP contribution >= 0.6 is 0 Å². The molecule has 2 aromatic heterocycles. The zero-order valence-corrected chi connectivity index (χ0v) is 25.1. The van der Waals surface area contributed by atoms with E-state index < -0.39 is 0 Å². The van der Waals surface area contributed by atoms with Crippen LogP contribution in [-0.2, 0) is 0 Å². The van der Waals surface area contributed by atoms with E-state index in [0.29, 0.717) is 39.8 Å². The Kier molecular flexibility index (Phi) is 9.62. The lowest BCUT2D eigenvalue weighted by Crippen LogP contribution is -2.01. The molecule has 0 spiro atoms. The monoisotopic (exact) mass is 618 g/mol. The van der Waals surface area contributed by atoms with E-state index in [4.69, 9.17) is 31.0 Å². The molecule has 232 valence electrons. The number of rotatable bonds is 13. The molecular weight excluding hydrogens is 588 g/mol. The second-order valence-corrected chi connectivity index (χ2v) is 9.83. The van der Waals surface area contributed by atoms with Gasteiger partial charge in [-0.2, -0.15) is 10.2 Å². The summed E-state index contributed by atoms with van der Waals surface area (Å²) in [6.07, 6.45) is 4.74. The maximum absolute atomic E-state index is 7.39. The number of aromatic nitrogens is 6. The maximum Gasteiger partial charge on any atom is 0.331 e. The van der Waals surface area contributed by atoms with Crippen molar-refractivity contribution >= 4 is 11.4 Å². The average molecular weight is 619 g/mol. The van der Waals surface area contributed by atoms with E-state index in [1.807, 2.05) is 32.2 Å². The molecule has 0 aliphatic rings. The molecule has 0 aliphatic carbocycles. The lowest BCUT2D eigenvalue weighted by molar-refractivity contribution is 0.362. The number of nitrogens with one attached hydrogen (secondary N) is 3. The summed E-state index contributed by atoms with van der Waals surface area (Å²) in [5.74, 6) is 1.28. The molecule has 0 atom stereocenters. The fourth-order valence-electron chi connectivity index (χ4n) is 4.03. The Hall–Kier alpha value is -6.51. The van der Waals surface area contributed by atoms with Gasteiger partial charge in [-0.1, -0.05) is 5.21 Å². The fourth-order valence-corrected chi connectivity index (χ4v) is 4.03. The van der Waals surface area contributed by atoms with E-state index in [0.717, 1.165) is 11.3 Å². The van der Waals surface area contributed by atoms with Crippen LogP contribution in [0.15, 0.2) is 102 Å². The standard InChI is InChI=1S/C31H30N12O3/c1-19(2)43-18-28(41-42-43)22-8-14-25(15-9-22)46-31-37-29(44-23-10-4-20(5-11-23)26(16-32)39-33)36-30(38-31)45-24-12-6-21(7-13-24)27(40-34)17-35-3/h4-19,33-35H,32H2,1-3H3/b26-16-,27-17-,39-33?,40-34?. The van der Waals surface area contributed by atoms with E-state index >= 15 is 0 Å². The Morgan fingerprint density at radius 2 is 1.22 bits per heavy atom. The Bertz CT molecular complexity index is 1870. The van der Waals surface area contributed by atoms with Gasteiger partial charge < -0.3 is 25.3 Å². The molecule has 3 aromatic carbocycles. The summed E-state index contributed by atoms with van der Waals surface area (Å²) in [5, 5.41) is 18.2. The van der Waals surface area contributed by atoms with Gasteiger partial charge in [0.25, 0.3) is 0 Å². The van der Waals surface area contributed by atoms with Crippen LogP contribution in [0.2, 0.25) is 0 Å². The van der Waals surface area contributed by atoms with Gasteiger partial charge in [0.05, 0.1) is 6.20 Å². The van der Waals surface area contributed by atoms with Crippen LogP contribution in [-0.4, -0.2) is 37.0 Å². The Morgan fingerprint density at radius 1 is 0.761 bits per heavy atom. The number of hydrogen-bond acceptors (Lipinski definition) is 14. The molecule has 0 aliphatic heterocycles. The molecule has 5 aromatic rings. The quantitative estimate of drug-likeness (QED) is 0.100. The molecular formula is C31H30N12O3. The summed E-state index contributed by atoms with van der Waals surface area (Å²) in [7, 11) is 1.73. The first-order chi connectivity index (χ1) is 22.4. The van der Waals surface area contributed by atoms with Crippen molar-refractivity contribution in [3.63, 3.8) is 0 Å². The second kappa shape index (κ2) is 14.3. The highest BCUT2D eigenvalue weighted by Crippen LogP contribution is 2.29. The zero-order valence-electron chi connectivity index (χ0n) is 25.1. The highest BCUT2D eigenvalue weighted by Gasteiger charge is 2.14. The van der Waals surface area contributed by atoms with Crippen molar-refractivity contribution in [2.75, 3.05) is 7.05 Å². The van der Waals surface area contributed by atoms with Gasteiger partial charge in [-0.3, -0.25) is 0 Å². The molecule has 0 saturated carbocycles. The largest absolute Gasteiger partial charge is 0.424 e. The Morgan fingerprint density at radius 3 is 1.61 bits per heavy atom. The predicted octanol–water partition coefficient (Wildman–Crippen LogP) is 6.92. The highest BCUT2D eigenvalue weighted by atomic mass is 16.5. The third-order valence-corrected chi connectivity index (χ3v) is 6.37. The molecule has 15 nitrogen and oxygen atoms in total. The van der Waals surface area contributed by atoms with Gasteiger partial charge in [-0.25, -0.2) is 15.7 Å². The fraction of sp³-hybridized carbons (Fsp3) is 0.129. The highest BCUT2D eigenvalue weighted by molar-refractivity contribution is 5.65. The number of nitrogens with zero attached hydrogens (tertiary/aromatic N) is 8. The van der Waals surface area contributed by atoms with Crippen molar-refractivity contribution in [3.05, 3.63) is 103 Å². The number of nitrogens with two attached hydrogens (primary N) is 1. The molecule has 15 heteroatoms. The summed E-state index contributed by atoms with van der Waals surface area (Å²) < 4.78 is 19.6. The number of ether oxygens (including phenoxy) is 3. The predicted molar refractivity (Wildman–Crippen MR) is 168 cm³/mol. The van der Waals surface area contributed by atoms with Crippen LogP contribution in [0.3, 0.4) is 0 Å². The topological polar surface area (TPSA) is 208 Å². The zero-order chi connectivity index (χ0) is 32.5. The molecule has 0 unspecified atom stereocenters. The van der Waals surface area contributed by atoms with Gasteiger partial charge in [-0.15, -0.1) is 20.1 Å². The SMILES string of the molecule is CN/C=C(\N=N)c1ccc(Oc2nc(Oc3ccc(/C(=C/N)N=N)cc3)nc(Oc3ccc(-c4cn(C(C)C)nn4)cc3)n2)cc1. The van der Waals surface area contributed by atoms with E-state index in [1.165, 1.54) is 6.20 Å². The third-order valence-electron chi connectivity index (χ3n) is 6.37. The first kappa shape index (κ1) is 30.9. The average Bonchev–Trinajstić information content (AvgIpc) is 3.57. The minimum Gasteiger partial charge on any atom is -0.424 e. The Labute approximate surface area is 263 Å². The summed E-state index contributed by atoms with van der Waals surface area (Å²) in [4.78, 5) is 13.0. The second-order valence-electron chi connectivity index (χ2n) is 9.83. The van der Waals surface area contributed by atoms with Gasteiger partial charge in [-0.05, 0) is 86.6 Å². The molecule has 2 heterocycles. The van der Waals surface area contributed by atoms with Crippen molar-refractivity contribution in [3.8, 4) is 46.5 Å². The maximum atomic E-state index is 7.39. The minimum absolute atomic E-state index is 0.0691. The molecule has 0 radical (unpaired) electrons. The number of hydrogen-bond donors (Lipinski definition) is 4. The van der Waals surface area contributed by atoms with Crippen LogP contribution in [0.1, 0.15) is 31.0 Å². The van der Waals surface area contributed by atoms with Crippen LogP contribution in [0.25, 0.3) is 22.7 Å². The first-order valence-corrected chi connectivity index (χ1v) is 14.0. The third kappa shape index (κ3) is 7.52. The van der Waals surface area contributed by atoms with Crippen LogP contribution in [0, 0.1) is 11.1 Å². The minimum atomic E-state index is -0.0849. The molecule has 5 N–H and O–H groups in total. The van der Waals surface area contributed by atoms with Gasteiger partial charge in [0.15, 0.2) is 0 Å².